The van der Waals surface area contributed by atoms with Gasteiger partial charge in [-0.3, -0.25) is 0 Å². The van der Waals surface area contributed by atoms with Crippen LogP contribution >= 0.6 is 17.0 Å². The molecule has 0 spiro atoms. The average Bonchev–Trinajstić information content (AvgIpc) is 1.93. The van der Waals surface area contributed by atoms with Crippen LogP contribution in [0.15, 0.2) is 24.3 Å². The van der Waals surface area contributed by atoms with Gasteiger partial charge in [0.15, 0.2) is 0 Å². The molecule has 0 aliphatic carbocycles. The zero-order valence-electron chi connectivity index (χ0n) is 6.07. The third-order valence-corrected chi connectivity index (χ3v) is 8.98. The quantitative estimate of drug-likeness (QED) is 0.692. The Kier molecular flexibility index (Phi) is 4.37. The van der Waals surface area contributed by atoms with Crippen molar-refractivity contribution in [2.75, 3.05) is 0 Å². The predicted octanol–water partition coefficient (Wildman–Crippen LogP) is 2.17. The van der Waals surface area contributed by atoms with Gasteiger partial charge >= 0.3 is 83.1 Å². The first-order valence-corrected chi connectivity index (χ1v) is 14.2. The molecule has 0 aliphatic heterocycles. The van der Waals surface area contributed by atoms with Crippen LogP contribution in [0.2, 0.25) is 0 Å². The molecule has 0 bridgehead atoms. The van der Waals surface area contributed by atoms with E-state index in [1.807, 2.05) is 0 Å². The molecule has 0 aliphatic rings. The summed E-state index contributed by atoms with van der Waals surface area (Å²) in [6, 6.07) is 8.42. The fraction of sp³-hybridized carbons (Fsp3) is 0.143. The molecule has 0 nitrogen and oxygen atoms in total. The Balaban J connectivity index is 2.91. The van der Waals surface area contributed by atoms with Gasteiger partial charge in [-0.25, -0.2) is 0 Å². The molecule has 4 heteroatoms. The van der Waals surface area contributed by atoms with Gasteiger partial charge in [0.05, 0.1) is 0 Å². The van der Waals surface area contributed by atoms with Gasteiger partial charge in [0, 0.05) is 0 Å². The van der Waals surface area contributed by atoms with E-state index in [1.165, 1.54) is 10.8 Å². The maximum atomic E-state index is 5.83. The van der Waals surface area contributed by atoms with Crippen LogP contribution in [0.4, 0.5) is 0 Å². The molecule has 1 aromatic carbocycles. The zero-order chi connectivity index (χ0) is 8.27. The van der Waals surface area contributed by atoms with Crippen LogP contribution in [-0.2, 0) is 18.0 Å². The summed E-state index contributed by atoms with van der Waals surface area (Å²) in [5.74, 6) is 0. The monoisotopic (exact) mass is 279 g/mol. The van der Waals surface area contributed by atoms with E-state index >= 15 is 0 Å². The molecule has 1 aromatic rings. The van der Waals surface area contributed by atoms with E-state index < -0.39 is 18.0 Å². The number of hydrogen-bond donors (Lipinski definition) is 0. The molecule has 0 amide bonds. The Morgan fingerprint density at radius 1 is 1.18 bits per heavy atom. The summed E-state index contributed by atoms with van der Waals surface area (Å²) in [6.07, 6.45) is 0.685. The zero-order valence-corrected chi connectivity index (χ0v) is 11.0. The summed E-state index contributed by atoms with van der Waals surface area (Å²) in [7, 11) is 11.7. The molecule has 1 rings (SSSR count). The van der Waals surface area contributed by atoms with E-state index in [4.69, 9.17) is 17.0 Å². The Bertz CT molecular complexity index is 264. The van der Waals surface area contributed by atoms with Crippen LogP contribution in [-0.4, -0.2) is 6.16 Å². The molecule has 0 saturated carbocycles. The van der Waals surface area contributed by atoms with E-state index in [1.54, 1.807) is 0 Å². The minimum absolute atomic E-state index is 0.685. The first-order valence-electron chi connectivity index (χ1n) is 3.20. The Morgan fingerprint density at radius 3 is 2.18 bits per heavy atom. The SMILES string of the molecule is Cc1ccc([Si]=[Zr]([Cl])[Cl])cc1. The minimum atomic E-state index is -1.93. The van der Waals surface area contributed by atoms with Crippen LogP contribution in [0, 0.1) is 6.92 Å². The third kappa shape index (κ3) is 3.89. The molecule has 0 aromatic heterocycles. The predicted molar refractivity (Wildman–Crippen MR) is 48.3 cm³/mol. The van der Waals surface area contributed by atoms with Crippen LogP contribution in [0.1, 0.15) is 5.56 Å². The van der Waals surface area contributed by atoms with Gasteiger partial charge in [-0.05, 0) is 0 Å². The van der Waals surface area contributed by atoms with Crippen LogP contribution in [0.5, 0.6) is 0 Å². The first kappa shape index (κ1) is 9.98. The van der Waals surface area contributed by atoms with E-state index in [-0.39, 0.29) is 0 Å². The van der Waals surface area contributed by atoms with Gasteiger partial charge < -0.3 is 0 Å². The fourth-order valence-corrected chi connectivity index (χ4v) is 8.01. The summed E-state index contributed by atoms with van der Waals surface area (Å²) in [6.45, 7) is 2.08. The van der Waals surface area contributed by atoms with Gasteiger partial charge in [-0.15, -0.1) is 0 Å². The molecule has 0 N–H and O–H groups in total. The third-order valence-electron chi connectivity index (χ3n) is 1.29. The van der Waals surface area contributed by atoms with Gasteiger partial charge in [0.25, 0.3) is 0 Å². The van der Waals surface area contributed by atoms with Gasteiger partial charge in [-0.2, -0.15) is 0 Å². The number of aryl methyl sites for hydroxylation is 1. The number of rotatable bonds is 1. The van der Waals surface area contributed by atoms with Gasteiger partial charge in [0.1, 0.15) is 0 Å². The Labute approximate surface area is 82.4 Å². The molecule has 0 heterocycles. The van der Waals surface area contributed by atoms with E-state index in [0.717, 1.165) is 0 Å². The van der Waals surface area contributed by atoms with Crippen LogP contribution < -0.4 is 5.19 Å². The van der Waals surface area contributed by atoms with Crippen molar-refractivity contribution < 1.29 is 18.0 Å². The summed E-state index contributed by atoms with van der Waals surface area (Å²) < 4.78 is 0. The van der Waals surface area contributed by atoms with Crippen molar-refractivity contribution in [3.8, 4) is 0 Å². The summed E-state index contributed by atoms with van der Waals surface area (Å²) >= 11 is -1.93. The van der Waals surface area contributed by atoms with Crippen molar-refractivity contribution in [1.29, 1.82) is 0 Å². The number of hydrogen-bond acceptors (Lipinski definition) is 0. The Hall–Kier alpha value is 0.900. The normalized spacial score (nSPS) is 9.36. The van der Waals surface area contributed by atoms with Crippen LogP contribution in [0.3, 0.4) is 0 Å². The second kappa shape index (κ2) is 4.81. The van der Waals surface area contributed by atoms with Crippen molar-refractivity contribution in [1.82, 2.24) is 0 Å². The summed E-state index contributed by atoms with van der Waals surface area (Å²) in [5, 5.41) is 1.30. The number of halogens is 2. The molecule has 1 radical (unpaired) electrons. The topological polar surface area (TPSA) is 0 Å². The molecular formula is C7H7Cl2SiZr. The second-order valence-corrected chi connectivity index (χ2v) is 18.5. The summed E-state index contributed by atoms with van der Waals surface area (Å²) in [4.78, 5) is 0. The molecular weight excluding hydrogens is 274 g/mol. The standard InChI is InChI=1S/C7H7Si.2ClH.Zr/c1-6-2-4-7(8)5-3-6;;;/h2-5H,1H3;2*1H;/q;;;+2/p-2. The van der Waals surface area contributed by atoms with Crippen molar-refractivity contribution >= 4 is 28.4 Å². The van der Waals surface area contributed by atoms with Gasteiger partial charge in [0.2, 0.25) is 0 Å². The van der Waals surface area contributed by atoms with E-state index in [2.05, 4.69) is 31.2 Å². The average molecular weight is 281 g/mol. The molecule has 0 unspecified atom stereocenters. The maximum absolute atomic E-state index is 5.83. The summed E-state index contributed by atoms with van der Waals surface area (Å²) in [5.41, 5.74) is 1.29. The molecule has 0 atom stereocenters. The molecule has 0 fully saturated rings. The first-order chi connectivity index (χ1) is 5.18. The van der Waals surface area contributed by atoms with Crippen molar-refractivity contribution in [3.63, 3.8) is 0 Å². The molecule has 57 valence electrons. The second-order valence-electron chi connectivity index (χ2n) is 2.25. The Morgan fingerprint density at radius 2 is 1.73 bits per heavy atom. The van der Waals surface area contributed by atoms with Crippen molar-refractivity contribution in [3.05, 3.63) is 29.8 Å². The molecule has 11 heavy (non-hydrogen) atoms. The number of benzene rings is 1. The van der Waals surface area contributed by atoms with Crippen LogP contribution in [0.25, 0.3) is 0 Å². The van der Waals surface area contributed by atoms with E-state index in [0.29, 0.717) is 6.16 Å². The van der Waals surface area contributed by atoms with Gasteiger partial charge in [-0.1, -0.05) is 0 Å². The van der Waals surface area contributed by atoms with Crippen molar-refractivity contribution in [2.45, 2.75) is 6.92 Å². The fourth-order valence-electron chi connectivity index (χ4n) is 0.746. The molecule has 0 saturated heterocycles. The van der Waals surface area contributed by atoms with E-state index in [9.17, 15) is 0 Å². The van der Waals surface area contributed by atoms with Crippen molar-refractivity contribution in [2.24, 2.45) is 0 Å².